The van der Waals surface area contributed by atoms with Crippen LogP contribution in [0, 0.1) is 17.4 Å². The number of hydrogen-bond acceptors (Lipinski definition) is 1. The van der Waals surface area contributed by atoms with Gasteiger partial charge in [0.25, 0.3) is 0 Å². The molecule has 1 heteroatoms. The molecule has 0 heterocycles. The van der Waals surface area contributed by atoms with Crippen LogP contribution >= 0.6 is 0 Å². The lowest BCUT2D eigenvalue weighted by molar-refractivity contribution is 0.795. The van der Waals surface area contributed by atoms with E-state index in [4.69, 9.17) is 5.26 Å². The maximum atomic E-state index is 8.62. The Labute approximate surface area is 73.6 Å². The fourth-order valence-electron chi connectivity index (χ4n) is 1.11. The van der Waals surface area contributed by atoms with Crippen molar-refractivity contribution in [2.45, 2.75) is 26.2 Å². The van der Waals surface area contributed by atoms with Gasteiger partial charge < -0.3 is 0 Å². The van der Waals surface area contributed by atoms with Gasteiger partial charge in [0.15, 0.2) is 0 Å². The van der Waals surface area contributed by atoms with Crippen molar-refractivity contribution < 1.29 is 0 Å². The van der Waals surface area contributed by atoms with Gasteiger partial charge in [-0.15, -0.1) is 0 Å². The Morgan fingerprint density at radius 2 is 2.33 bits per heavy atom. The fraction of sp³-hybridized carbons (Fsp3) is 0.364. The monoisotopic (exact) mass is 158 g/mol. The normalized spacial score (nSPS) is 9.33. The van der Waals surface area contributed by atoms with E-state index in [9.17, 15) is 0 Å². The molecular weight excluding hydrogens is 146 g/mol. The summed E-state index contributed by atoms with van der Waals surface area (Å²) in [4.78, 5) is 0. The maximum Gasteiger partial charge on any atom is 0.0991 e. The van der Waals surface area contributed by atoms with E-state index in [1.807, 2.05) is 12.1 Å². The third-order valence-electron chi connectivity index (χ3n) is 1.80. The topological polar surface area (TPSA) is 23.8 Å². The van der Waals surface area contributed by atoms with E-state index in [0.717, 1.165) is 6.42 Å². The number of benzene rings is 1. The van der Waals surface area contributed by atoms with Gasteiger partial charge in [-0.2, -0.15) is 5.26 Å². The summed E-state index contributed by atoms with van der Waals surface area (Å²) in [6.45, 7) is 2.16. The SMILES string of the molecule is CCCCc1c[c]cc(C#N)c1. The van der Waals surface area contributed by atoms with E-state index in [1.165, 1.54) is 18.4 Å². The standard InChI is InChI=1S/C11H12N/c1-2-3-5-10-6-4-7-11(8-10)9-12/h6-8H,2-3,5H2,1H3. The highest BCUT2D eigenvalue weighted by Gasteiger charge is 1.93. The Balaban J connectivity index is 2.68. The number of unbranched alkanes of at least 4 members (excludes halogenated alkanes) is 1. The van der Waals surface area contributed by atoms with Crippen molar-refractivity contribution in [3.63, 3.8) is 0 Å². The van der Waals surface area contributed by atoms with Crippen LogP contribution in [-0.4, -0.2) is 0 Å². The molecule has 0 aliphatic heterocycles. The molecule has 0 saturated carbocycles. The van der Waals surface area contributed by atoms with Gasteiger partial charge in [-0.1, -0.05) is 19.4 Å². The number of aryl methyl sites for hydroxylation is 1. The molecule has 0 atom stereocenters. The third kappa shape index (κ3) is 2.39. The first-order valence-electron chi connectivity index (χ1n) is 4.27. The van der Waals surface area contributed by atoms with Crippen molar-refractivity contribution >= 4 is 0 Å². The van der Waals surface area contributed by atoms with Crippen LogP contribution in [0.3, 0.4) is 0 Å². The van der Waals surface area contributed by atoms with Gasteiger partial charge in [0.2, 0.25) is 0 Å². The van der Waals surface area contributed by atoms with Crippen LogP contribution in [-0.2, 0) is 6.42 Å². The highest BCUT2D eigenvalue weighted by molar-refractivity contribution is 5.32. The van der Waals surface area contributed by atoms with E-state index < -0.39 is 0 Å². The van der Waals surface area contributed by atoms with Crippen molar-refractivity contribution in [2.24, 2.45) is 0 Å². The predicted octanol–water partition coefficient (Wildman–Crippen LogP) is 2.70. The first-order chi connectivity index (χ1) is 5.86. The third-order valence-corrected chi connectivity index (χ3v) is 1.80. The van der Waals surface area contributed by atoms with E-state index in [1.54, 1.807) is 6.07 Å². The molecule has 0 N–H and O–H groups in total. The number of hydrogen-bond donors (Lipinski definition) is 0. The Kier molecular flexibility index (Phi) is 3.35. The lowest BCUT2D eigenvalue weighted by atomic mass is 10.1. The van der Waals surface area contributed by atoms with Crippen LogP contribution in [0.4, 0.5) is 0 Å². The minimum Gasteiger partial charge on any atom is -0.192 e. The Bertz CT molecular complexity index is 283. The van der Waals surface area contributed by atoms with Crippen LogP contribution in [0.2, 0.25) is 0 Å². The second-order valence-electron chi connectivity index (χ2n) is 2.85. The van der Waals surface area contributed by atoms with Crippen molar-refractivity contribution in [2.75, 3.05) is 0 Å². The number of nitriles is 1. The molecule has 12 heavy (non-hydrogen) atoms. The molecule has 0 amide bonds. The lowest BCUT2D eigenvalue weighted by Gasteiger charge is -1.98. The molecule has 0 unspecified atom stereocenters. The van der Waals surface area contributed by atoms with Crippen LogP contribution in [0.25, 0.3) is 0 Å². The van der Waals surface area contributed by atoms with Crippen molar-refractivity contribution in [1.29, 1.82) is 5.26 Å². The van der Waals surface area contributed by atoms with E-state index >= 15 is 0 Å². The second kappa shape index (κ2) is 4.56. The zero-order chi connectivity index (χ0) is 8.81. The first-order valence-corrected chi connectivity index (χ1v) is 4.27. The summed E-state index contributed by atoms with van der Waals surface area (Å²) in [6, 6.07) is 10.7. The lowest BCUT2D eigenvalue weighted by Crippen LogP contribution is -1.85. The van der Waals surface area contributed by atoms with E-state index in [-0.39, 0.29) is 0 Å². The van der Waals surface area contributed by atoms with Crippen LogP contribution in [0.1, 0.15) is 30.9 Å². The smallest absolute Gasteiger partial charge is 0.0991 e. The molecule has 0 aliphatic carbocycles. The van der Waals surface area contributed by atoms with Gasteiger partial charge in [-0.05, 0) is 36.6 Å². The summed E-state index contributed by atoms with van der Waals surface area (Å²) in [5, 5.41) is 8.62. The summed E-state index contributed by atoms with van der Waals surface area (Å²) in [5.74, 6) is 0. The molecule has 61 valence electrons. The maximum absolute atomic E-state index is 8.62. The van der Waals surface area contributed by atoms with Crippen molar-refractivity contribution in [3.8, 4) is 6.07 Å². The molecule has 1 nitrogen and oxygen atoms in total. The zero-order valence-electron chi connectivity index (χ0n) is 7.30. The Morgan fingerprint density at radius 3 is 3.00 bits per heavy atom. The van der Waals surface area contributed by atoms with Gasteiger partial charge in [-0.3, -0.25) is 0 Å². The van der Waals surface area contributed by atoms with Crippen LogP contribution < -0.4 is 0 Å². The minimum atomic E-state index is 0.712. The summed E-state index contributed by atoms with van der Waals surface area (Å²) in [7, 11) is 0. The molecule has 0 bridgehead atoms. The number of nitrogens with zero attached hydrogens (tertiary/aromatic N) is 1. The quantitative estimate of drug-likeness (QED) is 0.663. The summed E-state index contributed by atoms with van der Waals surface area (Å²) in [6.07, 6.45) is 3.43. The minimum absolute atomic E-state index is 0.712. The zero-order valence-corrected chi connectivity index (χ0v) is 7.30. The summed E-state index contributed by atoms with van der Waals surface area (Å²) < 4.78 is 0. The molecule has 1 aromatic rings. The molecule has 1 radical (unpaired) electrons. The van der Waals surface area contributed by atoms with Crippen molar-refractivity contribution in [1.82, 2.24) is 0 Å². The largest absolute Gasteiger partial charge is 0.192 e. The summed E-state index contributed by atoms with van der Waals surface area (Å²) >= 11 is 0. The van der Waals surface area contributed by atoms with Gasteiger partial charge in [0, 0.05) is 0 Å². The van der Waals surface area contributed by atoms with Crippen molar-refractivity contribution in [3.05, 3.63) is 35.4 Å². The van der Waals surface area contributed by atoms with E-state index in [2.05, 4.69) is 19.1 Å². The van der Waals surface area contributed by atoms with Crippen LogP contribution in [0.5, 0.6) is 0 Å². The molecule has 0 fully saturated rings. The molecule has 0 saturated heterocycles. The van der Waals surface area contributed by atoms with Gasteiger partial charge in [-0.25, -0.2) is 0 Å². The average molecular weight is 158 g/mol. The van der Waals surface area contributed by atoms with Gasteiger partial charge in [0.1, 0.15) is 0 Å². The Morgan fingerprint density at radius 1 is 1.50 bits per heavy atom. The highest BCUT2D eigenvalue weighted by atomic mass is 14.2. The molecule has 0 aromatic heterocycles. The molecule has 0 aliphatic rings. The average Bonchev–Trinajstić information content (AvgIpc) is 2.15. The highest BCUT2D eigenvalue weighted by Crippen LogP contribution is 2.06. The van der Waals surface area contributed by atoms with Crippen LogP contribution in [0.15, 0.2) is 18.2 Å². The summed E-state index contributed by atoms with van der Waals surface area (Å²) in [5.41, 5.74) is 1.93. The fourth-order valence-corrected chi connectivity index (χ4v) is 1.11. The van der Waals surface area contributed by atoms with E-state index in [0.29, 0.717) is 5.56 Å². The molecule has 0 spiro atoms. The number of rotatable bonds is 3. The van der Waals surface area contributed by atoms with Gasteiger partial charge in [0.05, 0.1) is 11.6 Å². The van der Waals surface area contributed by atoms with Gasteiger partial charge >= 0.3 is 0 Å². The molecule has 1 rings (SSSR count). The second-order valence-corrected chi connectivity index (χ2v) is 2.85. The molecular formula is C11H12N. The predicted molar refractivity (Wildman–Crippen MR) is 48.6 cm³/mol. The Hall–Kier alpha value is -1.29. The molecule has 1 aromatic carbocycles. The first kappa shape index (κ1) is 8.80.